The Morgan fingerprint density at radius 3 is 2.89 bits per heavy atom. The molecule has 0 unspecified atom stereocenters. The van der Waals surface area contributed by atoms with Gasteiger partial charge in [-0.15, -0.1) is 11.3 Å². The fraction of sp³-hybridized carbons (Fsp3) is 0.231. The number of rotatable bonds is 3. The third-order valence-electron chi connectivity index (χ3n) is 2.81. The van der Waals surface area contributed by atoms with E-state index in [1.807, 2.05) is 25.1 Å². The summed E-state index contributed by atoms with van der Waals surface area (Å²) in [6, 6.07) is 5.56. The van der Waals surface area contributed by atoms with E-state index in [9.17, 15) is 0 Å². The second-order valence-electron chi connectivity index (χ2n) is 4.08. The third-order valence-corrected chi connectivity index (χ3v) is 3.97. The summed E-state index contributed by atoms with van der Waals surface area (Å²) in [6.07, 6.45) is 0. The molecule has 2 aromatic heterocycles. The van der Waals surface area contributed by atoms with Gasteiger partial charge in [0.05, 0.1) is 12.8 Å². The Kier molecular flexibility index (Phi) is 2.96. The van der Waals surface area contributed by atoms with Gasteiger partial charge in [0.2, 0.25) is 5.89 Å². The highest BCUT2D eigenvalue weighted by Crippen LogP contribution is 2.32. The number of oxazole rings is 1. The molecule has 0 bridgehead atoms. The molecule has 0 saturated heterocycles. The molecule has 0 radical (unpaired) electrons. The van der Waals surface area contributed by atoms with E-state index in [0.29, 0.717) is 18.0 Å². The zero-order valence-electron chi connectivity index (χ0n) is 10.6. The van der Waals surface area contributed by atoms with Crippen molar-refractivity contribution >= 4 is 22.4 Å². The third kappa shape index (κ3) is 2.09. The van der Waals surface area contributed by atoms with Crippen LogP contribution in [0.1, 0.15) is 10.7 Å². The summed E-state index contributed by atoms with van der Waals surface area (Å²) in [7, 11) is 1.62. The largest absolute Gasteiger partial charge is 0.497 e. The van der Waals surface area contributed by atoms with Crippen LogP contribution in [0.4, 0.5) is 0 Å². The van der Waals surface area contributed by atoms with Crippen LogP contribution in [-0.4, -0.2) is 17.1 Å². The number of methoxy groups -OCH3 is 1. The Bertz CT molecular complexity index is 733. The molecule has 0 saturated carbocycles. The number of benzene rings is 1. The van der Waals surface area contributed by atoms with Crippen molar-refractivity contribution in [2.45, 2.75) is 13.5 Å². The lowest BCUT2D eigenvalue weighted by Gasteiger charge is -1.95. The maximum absolute atomic E-state index is 5.77. The first kappa shape index (κ1) is 12.1. The smallest absolute Gasteiger partial charge is 0.239 e. The molecule has 0 fully saturated rings. The zero-order chi connectivity index (χ0) is 13.4. The molecule has 6 heteroatoms. The molecule has 0 aliphatic heterocycles. The predicted octanol–water partition coefficient (Wildman–Crippen LogP) is 2.73. The van der Waals surface area contributed by atoms with Gasteiger partial charge in [0, 0.05) is 12.6 Å². The average Bonchev–Trinajstić information content (AvgIpc) is 3.00. The summed E-state index contributed by atoms with van der Waals surface area (Å²) in [4.78, 5) is 9.78. The number of fused-ring (bicyclic) bond motifs is 1. The van der Waals surface area contributed by atoms with Gasteiger partial charge >= 0.3 is 0 Å². The lowest BCUT2D eigenvalue weighted by molar-refractivity contribution is 0.414. The van der Waals surface area contributed by atoms with Crippen LogP contribution in [0.25, 0.3) is 21.9 Å². The van der Waals surface area contributed by atoms with E-state index in [-0.39, 0.29) is 0 Å². The van der Waals surface area contributed by atoms with Crippen molar-refractivity contribution in [2.24, 2.45) is 5.73 Å². The average molecular weight is 275 g/mol. The minimum atomic E-state index is 0.430. The van der Waals surface area contributed by atoms with Crippen LogP contribution in [0.15, 0.2) is 22.6 Å². The summed E-state index contributed by atoms with van der Waals surface area (Å²) in [5.74, 6) is 1.33. The fourth-order valence-corrected chi connectivity index (χ4v) is 2.74. The topological polar surface area (TPSA) is 74.2 Å². The summed E-state index contributed by atoms with van der Waals surface area (Å²) in [6.45, 7) is 2.36. The van der Waals surface area contributed by atoms with Gasteiger partial charge in [0.15, 0.2) is 5.58 Å². The maximum atomic E-state index is 5.77. The monoisotopic (exact) mass is 275 g/mol. The summed E-state index contributed by atoms with van der Waals surface area (Å²) in [5, 5.41) is 0.882. The van der Waals surface area contributed by atoms with Crippen molar-refractivity contribution in [3.05, 3.63) is 28.9 Å². The first-order valence-corrected chi connectivity index (χ1v) is 6.64. The molecule has 2 N–H and O–H groups in total. The second kappa shape index (κ2) is 4.64. The molecule has 5 nitrogen and oxygen atoms in total. The Labute approximate surface area is 114 Å². The second-order valence-corrected chi connectivity index (χ2v) is 5.16. The molecule has 0 aliphatic carbocycles. The van der Waals surface area contributed by atoms with Gasteiger partial charge in [-0.3, -0.25) is 0 Å². The van der Waals surface area contributed by atoms with Crippen LogP contribution in [0.2, 0.25) is 0 Å². The Morgan fingerprint density at radius 2 is 2.21 bits per heavy atom. The van der Waals surface area contributed by atoms with Gasteiger partial charge in [0.25, 0.3) is 0 Å². The van der Waals surface area contributed by atoms with E-state index in [1.54, 1.807) is 7.11 Å². The van der Waals surface area contributed by atoms with Crippen LogP contribution < -0.4 is 10.5 Å². The molecule has 98 valence electrons. The quantitative estimate of drug-likeness (QED) is 0.795. The molecule has 0 amide bonds. The number of aromatic nitrogens is 2. The number of nitrogens with two attached hydrogens (primary N) is 1. The van der Waals surface area contributed by atoms with Crippen LogP contribution in [0.5, 0.6) is 5.75 Å². The highest BCUT2D eigenvalue weighted by molar-refractivity contribution is 7.15. The van der Waals surface area contributed by atoms with Gasteiger partial charge < -0.3 is 14.9 Å². The van der Waals surface area contributed by atoms with Crippen molar-refractivity contribution < 1.29 is 9.15 Å². The predicted molar refractivity (Wildman–Crippen MR) is 74.3 cm³/mol. The molecule has 3 rings (SSSR count). The van der Waals surface area contributed by atoms with Crippen molar-refractivity contribution in [1.29, 1.82) is 0 Å². The minimum absolute atomic E-state index is 0.430. The number of thiazole rings is 1. The number of aryl methyl sites for hydroxylation is 1. The van der Waals surface area contributed by atoms with Crippen LogP contribution in [-0.2, 0) is 6.54 Å². The number of hydrogen-bond acceptors (Lipinski definition) is 6. The van der Waals surface area contributed by atoms with Gasteiger partial charge in [-0.05, 0) is 19.1 Å². The first-order valence-electron chi connectivity index (χ1n) is 5.82. The van der Waals surface area contributed by atoms with Gasteiger partial charge in [-0.25, -0.2) is 9.97 Å². The highest BCUT2D eigenvalue weighted by Gasteiger charge is 2.15. The molecule has 2 heterocycles. The molecule has 0 atom stereocenters. The van der Waals surface area contributed by atoms with Crippen molar-refractivity contribution in [3.8, 4) is 16.5 Å². The van der Waals surface area contributed by atoms with Crippen LogP contribution >= 0.6 is 11.3 Å². The molecule has 19 heavy (non-hydrogen) atoms. The molecular formula is C13H13N3O2S. The van der Waals surface area contributed by atoms with Crippen LogP contribution in [0, 0.1) is 6.92 Å². The van der Waals surface area contributed by atoms with Crippen LogP contribution in [0.3, 0.4) is 0 Å². The van der Waals surface area contributed by atoms with Gasteiger partial charge in [-0.1, -0.05) is 0 Å². The van der Waals surface area contributed by atoms with E-state index >= 15 is 0 Å². The van der Waals surface area contributed by atoms with E-state index < -0.39 is 0 Å². The number of nitrogens with zero attached hydrogens (tertiary/aromatic N) is 2. The standard InChI is InChI=1S/C13H13N3O2S/c1-7-12(19-11(6-14)15-7)13-16-9-4-3-8(17-2)5-10(9)18-13/h3-5H,6,14H2,1-2H3. The SMILES string of the molecule is COc1ccc2nc(-c3sc(CN)nc3C)oc2c1. The molecule has 0 aliphatic rings. The van der Waals surface area contributed by atoms with Gasteiger partial charge in [-0.2, -0.15) is 0 Å². The Balaban J connectivity index is 2.11. The number of hydrogen-bond donors (Lipinski definition) is 1. The van der Waals surface area contributed by atoms with Gasteiger partial charge in [0.1, 0.15) is 21.2 Å². The van der Waals surface area contributed by atoms with E-state index in [2.05, 4.69) is 9.97 Å². The Morgan fingerprint density at radius 1 is 1.37 bits per heavy atom. The lowest BCUT2D eigenvalue weighted by atomic mass is 10.3. The van der Waals surface area contributed by atoms with Crippen molar-refractivity contribution in [3.63, 3.8) is 0 Å². The van der Waals surface area contributed by atoms with E-state index in [0.717, 1.165) is 26.8 Å². The summed E-state index contributed by atoms with van der Waals surface area (Å²) in [5.41, 5.74) is 8.00. The lowest BCUT2D eigenvalue weighted by Crippen LogP contribution is -1.94. The molecule has 0 spiro atoms. The zero-order valence-corrected chi connectivity index (χ0v) is 11.5. The Hall–Kier alpha value is -1.92. The first-order chi connectivity index (χ1) is 9.21. The molecule has 3 aromatic rings. The highest BCUT2D eigenvalue weighted by atomic mass is 32.1. The summed E-state index contributed by atoms with van der Waals surface area (Å²) < 4.78 is 10.9. The van der Waals surface area contributed by atoms with Crippen molar-refractivity contribution in [1.82, 2.24) is 9.97 Å². The number of ether oxygens (including phenoxy) is 1. The summed E-state index contributed by atoms with van der Waals surface area (Å²) >= 11 is 1.51. The molecular weight excluding hydrogens is 262 g/mol. The van der Waals surface area contributed by atoms with Crippen molar-refractivity contribution in [2.75, 3.05) is 7.11 Å². The fourth-order valence-electron chi connectivity index (χ4n) is 1.87. The van der Waals surface area contributed by atoms with E-state index in [1.165, 1.54) is 11.3 Å². The van der Waals surface area contributed by atoms with E-state index in [4.69, 9.17) is 14.9 Å². The minimum Gasteiger partial charge on any atom is -0.497 e. The molecule has 1 aromatic carbocycles. The normalized spacial score (nSPS) is 11.1. The maximum Gasteiger partial charge on any atom is 0.239 e.